The third kappa shape index (κ3) is 7.11. The maximum atomic E-state index is 13.7. The van der Waals surface area contributed by atoms with Gasteiger partial charge in [0.25, 0.3) is 11.8 Å². The fourth-order valence-electron chi connectivity index (χ4n) is 5.18. The molecule has 0 spiro atoms. The van der Waals surface area contributed by atoms with E-state index in [0.717, 1.165) is 16.8 Å². The normalized spacial score (nSPS) is 14.6. The second-order valence-electron chi connectivity index (χ2n) is 11.7. The molecule has 224 valence electrons. The number of nitrogens with one attached hydrogen (secondary N) is 3. The topological polar surface area (TPSA) is 121 Å². The summed E-state index contributed by atoms with van der Waals surface area (Å²) in [7, 11) is 0. The Morgan fingerprint density at radius 3 is 2.53 bits per heavy atom. The number of hydrogen-bond donors (Lipinski definition) is 3. The minimum Gasteiger partial charge on any atom is -0.444 e. The summed E-state index contributed by atoms with van der Waals surface area (Å²) in [6, 6.07) is 16.8. The van der Waals surface area contributed by atoms with Gasteiger partial charge in [0.2, 0.25) is 0 Å². The average Bonchev–Trinajstić information content (AvgIpc) is 3.61. The lowest BCUT2D eigenvalue weighted by atomic mass is 9.95. The van der Waals surface area contributed by atoms with Gasteiger partial charge in [-0.05, 0) is 68.3 Å². The summed E-state index contributed by atoms with van der Waals surface area (Å²) in [6.45, 7) is 8.59. The number of alkyl carbamates (subject to hydrolysis) is 1. The lowest BCUT2D eigenvalue weighted by Gasteiger charge is -2.32. The van der Waals surface area contributed by atoms with E-state index in [1.54, 1.807) is 79.0 Å². The Morgan fingerprint density at radius 2 is 1.84 bits per heavy atom. The number of hydrogen-bond acceptors (Lipinski definition) is 5. The first kappa shape index (κ1) is 29.6. The van der Waals surface area contributed by atoms with Crippen LogP contribution in [0.1, 0.15) is 77.0 Å². The van der Waals surface area contributed by atoms with E-state index in [2.05, 4.69) is 15.6 Å². The van der Waals surface area contributed by atoms with Crippen LogP contribution in [0, 0.1) is 5.82 Å². The van der Waals surface area contributed by atoms with Crippen LogP contribution < -0.4 is 10.6 Å². The molecule has 0 saturated heterocycles. The van der Waals surface area contributed by atoms with Crippen molar-refractivity contribution in [2.24, 2.45) is 0 Å². The van der Waals surface area contributed by atoms with Crippen molar-refractivity contribution in [2.45, 2.75) is 58.8 Å². The molecule has 3 heterocycles. The van der Waals surface area contributed by atoms with Crippen molar-refractivity contribution in [2.75, 3.05) is 11.9 Å². The number of anilines is 1. The van der Waals surface area contributed by atoms with Gasteiger partial charge in [-0.15, -0.1) is 0 Å². The number of carbonyl (C=O) groups excluding carboxylic acids is 3. The van der Waals surface area contributed by atoms with Crippen LogP contribution in [-0.2, 0) is 24.4 Å². The summed E-state index contributed by atoms with van der Waals surface area (Å²) >= 11 is 0. The van der Waals surface area contributed by atoms with Crippen molar-refractivity contribution in [3.8, 4) is 0 Å². The Labute approximate surface area is 249 Å². The van der Waals surface area contributed by atoms with Gasteiger partial charge in [-0.2, -0.15) is 5.10 Å². The van der Waals surface area contributed by atoms with Gasteiger partial charge < -0.3 is 25.3 Å². The number of H-pyrrole nitrogens is 1. The van der Waals surface area contributed by atoms with Crippen molar-refractivity contribution in [1.82, 2.24) is 25.0 Å². The molecule has 4 aromatic rings. The van der Waals surface area contributed by atoms with Crippen molar-refractivity contribution < 1.29 is 23.5 Å². The highest BCUT2D eigenvalue weighted by atomic mass is 19.1. The average molecular weight is 587 g/mol. The lowest BCUT2D eigenvalue weighted by molar-refractivity contribution is 0.0523. The van der Waals surface area contributed by atoms with Crippen LogP contribution in [0.25, 0.3) is 0 Å². The van der Waals surface area contributed by atoms with E-state index in [4.69, 9.17) is 9.84 Å². The number of ether oxygens (including phenoxy) is 1. The molecule has 3 N–H and O–H groups in total. The fraction of sp³-hybridized carbons (Fsp3) is 0.312. The first-order chi connectivity index (χ1) is 20.5. The van der Waals surface area contributed by atoms with Crippen LogP contribution in [0.4, 0.5) is 14.9 Å². The molecule has 1 atom stereocenters. The molecule has 5 rings (SSSR count). The van der Waals surface area contributed by atoms with Gasteiger partial charge in [0.1, 0.15) is 17.1 Å². The molecule has 3 amide bonds. The number of nitrogens with zero attached hydrogens (tertiary/aromatic N) is 3. The van der Waals surface area contributed by atoms with E-state index >= 15 is 0 Å². The van der Waals surface area contributed by atoms with Crippen LogP contribution in [0.15, 0.2) is 66.9 Å². The molecule has 0 saturated carbocycles. The van der Waals surface area contributed by atoms with E-state index in [1.165, 1.54) is 12.1 Å². The van der Waals surface area contributed by atoms with Crippen molar-refractivity contribution in [3.05, 3.63) is 106 Å². The van der Waals surface area contributed by atoms with Gasteiger partial charge in [-0.25, -0.2) is 9.18 Å². The number of aromatic nitrogens is 3. The van der Waals surface area contributed by atoms with Crippen LogP contribution >= 0.6 is 0 Å². The Bertz CT molecular complexity index is 1620. The number of aromatic amines is 1. The van der Waals surface area contributed by atoms with Crippen LogP contribution in [0.2, 0.25) is 0 Å². The highest BCUT2D eigenvalue weighted by Gasteiger charge is 2.34. The second-order valence-corrected chi connectivity index (χ2v) is 11.7. The molecular weight excluding hydrogens is 551 g/mol. The van der Waals surface area contributed by atoms with E-state index in [1.807, 2.05) is 13.0 Å². The van der Waals surface area contributed by atoms with Gasteiger partial charge in [-0.1, -0.05) is 31.2 Å². The lowest BCUT2D eigenvalue weighted by Crippen LogP contribution is -2.38. The van der Waals surface area contributed by atoms with Gasteiger partial charge in [0, 0.05) is 42.1 Å². The molecule has 43 heavy (non-hydrogen) atoms. The van der Waals surface area contributed by atoms with E-state index < -0.39 is 17.6 Å². The fourth-order valence-corrected chi connectivity index (χ4v) is 5.18. The van der Waals surface area contributed by atoms with Gasteiger partial charge >= 0.3 is 6.09 Å². The molecule has 0 unspecified atom stereocenters. The Balaban J connectivity index is 1.40. The zero-order valence-electron chi connectivity index (χ0n) is 24.6. The first-order valence-corrected chi connectivity index (χ1v) is 14.1. The van der Waals surface area contributed by atoms with Gasteiger partial charge in [-0.3, -0.25) is 14.3 Å². The van der Waals surface area contributed by atoms with Crippen molar-refractivity contribution in [3.63, 3.8) is 0 Å². The van der Waals surface area contributed by atoms with Crippen LogP contribution in [-0.4, -0.2) is 49.7 Å². The predicted molar refractivity (Wildman–Crippen MR) is 159 cm³/mol. The number of benzene rings is 2. The summed E-state index contributed by atoms with van der Waals surface area (Å²) in [5.74, 6) is -1.03. The summed E-state index contributed by atoms with van der Waals surface area (Å²) in [4.78, 5) is 43.7. The highest BCUT2D eigenvalue weighted by Crippen LogP contribution is 2.32. The molecule has 0 aliphatic carbocycles. The molecule has 1 aliphatic heterocycles. The smallest absolute Gasteiger partial charge is 0.407 e. The third-order valence-electron chi connectivity index (χ3n) is 7.00. The minimum atomic E-state index is -0.613. The maximum Gasteiger partial charge on any atom is 0.407 e. The summed E-state index contributed by atoms with van der Waals surface area (Å²) in [5, 5.41) is 10.4. The number of amides is 3. The first-order valence-electron chi connectivity index (χ1n) is 14.1. The predicted octanol–water partition coefficient (Wildman–Crippen LogP) is 5.44. The van der Waals surface area contributed by atoms with E-state index in [9.17, 15) is 18.8 Å². The number of carbonyl (C=O) groups is 3. The minimum absolute atomic E-state index is 0.112. The van der Waals surface area contributed by atoms with Crippen LogP contribution in [0.3, 0.4) is 0 Å². The molecule has 2 aromatic heterocycles. The summed E-state index contributed by atoms with van der Waals surface area (Å²) < 4.78 is 20.6. The zero-order chi connectivity index (χ0) is 30.7. The second kappa shape index (κ2) is 12.1. The molecule has 11 heteroatoms. The number of rotatable bonds is 7. The molecule has 0 fully saturated rings. The van der Waals surface area contributed by atoms with Crippen molar-refractivity contribution in [1.29, 1.82) is 0 Å². The standard InChI is InChI=1S/C32H35FN6O4/c1-20-17-38(30(41)26-9-6-14-34-26)19-25-27(37-39(28(20)25)18-21-10-12-23(33)13-11-21)29(40)36-24-8-5-7-22(15-24)16-35-31(42)43-32(2,3)4/h5-15,20,34H,16-19H2,1-4H3,(H,35,42)(H,36,40)/t20-/m0/s1. The van der Waals surface area contributed by atoms with Gasteiger partial charge in [0.05, 0.1) is 13.1 Å². The summed E-state index contributed by atoms with van der Waals surface area (Å²) in [6.07, 6.45) is 1.16. The molecular formula is C32H35FN6O4. The highest BCUT2D eigenvalue weighted by molar-refractivity contribution is 6.04. The Hall–Kier alpha value is -4.93. The monoisotopic (exact) mass is 586 g/mol. The van der Waals surface area contributed by atoms with Crippen molar-refractivity contribution >= 4 is 23.6 Å². The molecule has 2 aromatic carbocycles. The molecule has 0 radical (unpaired) electrons. The number of halogens is 1. The van der Waals surface area contributed by atoms with E-state index in [0.29, 0.717) is 30.0 Å². The quantitative estimate of drug-likeness (QED) is 0.267. The largest absolute Gasteiger partial charge is 0.444 e. The summed E-state index contributed by atoms with van der Waals surface area (Å²) in [5.41, 5.74) is 3.73. The maximum absolute atomic E-state index is 13.7. The van der Waals surface area contributed by atoms with Crippen LogP contribution in [0.5, 0.6) is 0 Å². The Kier molecular flexibility index (Phi) is 8.33. The Morgan fingerprint density at radius 1 is 1.07 bits per heavy atom. The van der Waals surface area contributed by atoms with Gasteiger partial charge in [0.15, 0.2) is 5.69 Å². The SMILES string of the molecule is C[C@H]1CN(C(=O)c2ccc[nH]2)Cc2c(C(=O)Nc3cccc(CNC(=O)OC(C)(C)C)c3)nn(Cc3ccc(F)cc3)c21. The number of fused-ring (bicyclic) bond motifs is 1. The third-order valence-corrected chi connectivity index (χ3v) is 7.00. The zero-order valence-corrected chi connectivity index (χ0v) is 24.6. The molecule has 1 aliphatic rings. The molecule has 0 bridgehead atoms. The van der Waals surface area contributed by atoms with E-state index in [-0.39, 0.29) is 36.4 Å². The molecule has 10 nitrogen and oxygen atoms in total.